The van der Waals surface area contributed by atoms with Crippen LogP contribution in [0.5, 0.6) is 0 Å². The summed E-state index contributed by atoms with van der Waals surface area (Å²) in [5.74, 6) is 1.88. The molecule has 132 valence electrons. The molecule has 0 radical (unpaired) electrons. The number of aryl methyl sites for hydroxylation is 2. The minimum Gasteiger partial charge on any atom is -0.356 e. The van der Waals surface area contributed by atoms with Gasteiger partial charge in [-0.3, -0.25) is 9.67 Å². The third-order valence-corrected chi connectivity index (χ3v) is 4.11. The van der Waals surface area contributed by atoms with Gasteiger partial charge < -0.3 is 15.2 Å². The number of benzene rings is 1. The maximum Gasteiger partial charge on any atom is 0.191 e. The molecule has 0 fully saturated rings. The number of rotatable bonds is 7. The van der Waals surface area contributed by atoms with Crippen molar-refractivity contribution in [3.8, 4) is 0 Å². The number of guanidine groups is 1. The van der Waals surface area contributed by atoms with Crippen LogP contribution < -0.4 is 10.6 Å². The Morgan fingerprint density at radius 1 is 1.12 bits per heavy atom. The van der Waals surface area contributed by atoms with E-state index in [-0.39, 0.29) is 0 Å². The number of hydrogen-bond acceptors (Lipinski definition) is 3. The lowest BCUT2D eigenvalue weighted by atomic mass is 10.3. The summed E-state index contributed by atoms with van der Waals surface area (Å²) in [5.41, 5.74) is 2.26. The summed E-state index contributed by atoms with van der Waals surface area (Å²) in [6, 6.07) is 10.2. The van der Waals surface area contributed by atoms with Crippen molar-refractivity contribution < 1.29 is 0 Å². The number of fused-ring (bicyclic) bond motifs is 1. The third kappa shape index (κ3) is 4.37. The van der Waals surface area contributed by atoms with Crippen LogP contribution in [0.15, 0.2) is 47.7 Å². The van der Waals surface area contributed by atoms with Crippen molar-refractivity contribution in [1.29, 1.82) is 0 Å². The van der Waals surface area contributed by atoms with Gasteiger partial charge in [-0.05, 0) is 31.5 Å². The van der Waals surface area contributed by atoms with Crippen LogP contribution in [-0.2, 0) is 13.1 Å². The zero-order chi connectivity index (χ0) is 17.5. The molecule has 2 heterocycles. The number of nitrogens with zero attached hydrogens (tertiary/aromatic N) is 5. The molecule has 0 bridgehead atoms. The molecular weight excluding hydrogens is 314 g/mol. The third-order valence-electron chi connectivity index (χ3n) is 4.11. The van der Waals surface area contributed by atoms with E-state index in [4.69, 9.17) is 0 Å². The minimum atomic E-state index is 0.784. The van der Waals surface area contributed by atoms with Gasteiger partial charge in [0.05, 0.1) is 17.6 Å². The maximum absolute atomic E-state index is 4.61. The lowest BCUT2D eigenvalue weighted by Gasteiger charge is -2.12. The lowest BCUT2D eigenvalue weighted by Crippen LogP contribution is -2.39. The topological polar surface area (TPSA) is 72.1 Å². The second-order valence-corrected chi connectivity index (χ2v) is 5.85. The van der Waals surface area contributed by atoms with E-state index in [2.05, 4.69) is 55.4 Å². The normalized spacial score (nSPS) is 11.8. The van der Waals surface area contributed by atoms with Crippen LogP contribution in [-0.4, -0.2) is 45.4 Å². The highest BCUT2D eigenvalue weighted by molar-refractivity contribution is 5.79. The number of aliphatic imine (C=N–C) groups is 1. The largest absolute Gasteiger partial charge is 0.356 e. The highest BCUT2D eigenvalue weighted by atomic mass is 15.3. The monoisotopic (exact) mass is 339 g/mol. The van der Waals surface area contributed by atoms with Gasteiger partial charge in [-0.15, -0.1) is 0 Å². The van der Waals surface area contributed by atoms with Crippen molar-refractivity contribution in [3.63, 3.8) is 0 Å². The van der Waals surface area contributed by atoms with Gasteiger partial charge in [-0.25, -0.2) is 4.98 Å². The smallest absolute Gasteiger partial charge is 0.191 e. The van der Waals surface area contributed by atoms with Crippen molar-refractivity contribution in [2.24, 2.45) is 4.99 Å². The van der Waals surface area contributed by atoms with E-state index in [0.29, 0.717) is 0 Å². The first kappa shape index (κ1) is 17.0. The summed E-state index contributed by atoms with van der Waals surface area (Å²) in [5, 5.41) is 10.8. The molecule has 0 spiro atoms. The molecule has 3 aromatic rings. The van der Waals surface area contributed by atoms with Gasteiger partial charge in [0.15, 0.2) is 5.96 Å². The average molecular weight is 339 g/mol. The Balaban J connectivity index is 1.43. The predicted molar refractivity (Wildman–Crippen MR) is 101 cm³/mol. The standard InChI is InChI=1S/C18H25N7/c1-15-23-16-7-3-4-8-17(16)25(15)13-5-9-20-18(19-2)21-11-14-24-12-6-10-22-24/h3-4,6-8,10,12H,5,9,11,13-14H2,1-2H3,(H2,19,20,21). The van der Waals surface area contributed by atoms with Gasteiger partial charge in [-0.2, -0.15) is 5.10 Å². The van der Waals surface area contributed by atoms with Crippen LogP contribution in [0, 0.1) is 6.92 Å². The first-order chi connectivity index (χ1) is 12.3. The molecule has 7 nitrogen and oxygen atoms in total. The fourth-order valence-electron chi connectivity index (χ4n) is 2.86. The average Bonchev–Trinajstić information content (AvgIpc) is 3.24. The van der Waals surface area contributed by atoms with E-state index in [1.165, 1.54) is 5.52 Å². The SMILES string of the molecule is CN=C(NCCCn1c(C)nc2ccccc21)NCCn1cccn1. The molecule has 0 aliphatic carbocycles. The Labute approximate surface area is 147 Å². The first-order valence-electron chi connectivity index (χ1n) is 8.62. The Hall–Kier alpha value is -2.83. The molecule has 0 saturated carbocycles. The number of para-hydroxylation sites is 2. The molecule has 0 atom stereocenters. The second-order valence-electron chi connectivity index (χ2n) is 5.85. The second kappa shape index (κ2) is 8.32. The summed E-state index contributed by atoms with van der Waals surface area (Å²) in [6.45, 7) is 5.45. The van der Waals surface area contributed by atoms with E-state index < -0.39 is 0 Å². The summed E-state index contributed by atoms with van der Waals surface area (Å²) >= 11 is 0. The lowest BCUT2D eigenvalue weighted by molar-refractivity contribution is 0.591. The van der Waals surface area contributed by atoms with Crippen LogP contribution in [0.3, 0.4) is 0 Å². The summed E-state index contributed by atoms with van der Waals surface area (Å²) in [4.78, 5) is 8.86. The van der Waals surface area contributed by atoms with Crippen molar-refractivity contribution in [1.82, 2.24) is 30.0 Å². The van der Waals surface area contributed by atoms with E-state index in [1.54, 1.807) is 13.2 Å². The maximum atomic E-state index is 4.61. The van der Waals surface area contributed by atoms with Crippen molar-refractivity contribution in [2.45, 2.75) is 26.4 Å². The molecule has 0 unspecified atom stereocenters. The quantitative estimate of drug-likeness (QED) is 0.391. The summed E-state index contributed by atoms with van der Waals surface area (Å²) in [7, 11) is 1.79. The Bertz CT molecular complexity index is 817. The summed E-state index contributed by atoms with van der Waals surface area (Å²) in [6.07, 6.45) is 4.74. The van der Waals surface area contributed by atoms with Crippen LogP contribution >= 0.6 is 0 Å². The summed E-state index contributed by atoms with van der Waals surface area (Å²) < 4.78 is 4.16. The van der Waals surface area contributed by atoms with Crippen molar-refractivity contribution in [3.05, 3.63) is 48.5 Å². The van der Waals surface area contributed by atoms with Crippen molar-refractivity contribution >= 4 is 17.0 Å². The number of nitrogens with one attached hydrogen (secondary N) is 2. The molecule has 0 amide bonds. The van der Waals surface area contributed by atoms with Gasteiger partial charge in [0.25, 0.3) is 0 Å². The molecule has 0 saturated heterocycles. The van der Waals surface area contributed by atoms with Crippen LogP contribution in [0.25, 0.3) is 11.0 Å². The van der Waals surface area contributed by atoms with Gasteiger partial charge in [0.2, 0.25) is 0 Å². The van der Waals surface area contributed by atoms with Gasteiger partial charge in [0.1, 0.15) is 5.82 Å². The first-order valence-corrected chi connectivity index (χ1v) is 8.62. The van der Waals surface area contributed by atoms with E-state index in [0.717, 1.165) is 49.9 Å². The molecule has 25 heavy (non-hydrogen) atoms. The highest BCUT2D eigenvalue weighted by Gasteiger charge is 2.06. The molecule has 7 heteroatoms. The van der Waals surface area contributed by atoms with E-state index in [1.807, 2.05) is 23.0 Å². The Kier molecular flexibility index (Phi) is 5.66. The van der Waals surface area contributed by atoms with Crippen LogP contribution in [0.4, 0.5) is 0 Å². The fourth-order valence-corrected chi connectivity index (χ4v) is 2.86. The minimum absolute atomic E-state index is 0.784. The number of aromatic nitrogens is 4. The zero-order valence-electron chi connectivity index (χ0n) is 14.8. The highest BCUT2D eigenvalue weighted by Crippen LogP contribution is 2.15. The van der Waals surface area contributed by atoms with Crippen molar-refractivity contribution in [2.75, 3.05) is 20.1 Å². The number of hydrogen-bond donors (Lipinski definition) is 2. The molecule has 2 N–H and O–H groups in total. The Morgan fingerprint density at radius 3 is 2.76 bits per heavy atom. The fraction of sp³-hybridized carbons (Fsp3) is 0.389. The van der Waals surface area contributed by atoms with Gasteiger partial charge in [-0.1, -0.05) is 12.1 Å². The van der Waals surface area contributed by atoms with Gasteiger partial charge in [0, 0.05) is 39.1 Å². The molecule has 0 aliphatic rings. The molecule has 2 aromatic heterocycles. The predicted octanol–water partition coefficient (Wildman–Crippen LogP) is 1.80. The number of imidazole rings is 1. The molecular formula is C18H25N7. The van der Waals surface area contributed by atoms with Crippen LogP contribution in [0.1, 0.15) is 12.2 Å². The Morgan fingerprint density at radius 2 is 1.96 bits per heavy atom. The van der Waals surface area contributed by atoms with E-state index >= 15 is 0 Å². The molecule has 1 aromatic carbocycles. The zero-order valence-corrected chi connectivity index (χ0v) is 14.8. The van der Waals surface area contributed by atoms with Crippen LogP contribution in [0.2, 0.25) is 0 Å². The molecule has 3 rings (SSSR count). The van der Waals surface area contributed by atoms with Gasteiger partial charge >= 0.3 is 0 Å². The van der Waals surface area contributed by atoms with E-state index in [9.17, 15) is 0 Å². The molecule has 0 aliphatic heterocycles.